The van der Waals surface area contributed by atoms with E-state index in [0.29, 0.717) is 41.0 Å². The first-order chi connectivity index (χ1) is 16.4. The highest BCUT2D eigenvalue weighted by atomic mass is 35.5. The zero-order valence-electron chi connectivity index (χ0n) is 19.1. The van der Waals surface area contributed by atoms with Crippen LogP contribution in [0.1, 0.15) is 22.8 Å². The summed E-state index contributed by atoms with van der Waals surface area (Å²) < 4.78 is 32.2. The lowest BCUT2D eigenvalue weighted by molar-refractivity contribution is 0.175. The van der Waals surface area contributed by atoms with Crippen LogP contribution in [-0.4, -0.2) is 33.9 Å². The Morgan fingerprint density at radius 2 is 1.94 bits per heavy atom. The van der Waals surface area contributed by atoms with Crippen LogP contribution in [0.5, 0.6) is 5.75 Å². The van der Waals surface area contributed by atoms with Gasteiger partial charge in [-0.05, 0) is 43.7 Å². The quantitative estimate of drug-likeness (QED) is 0.303. The van der Waals surface area contributed by atoms with Gasteiger partial charge in [-0.3, -0.25) is 4.98 Å². The highest BCUT2D eigenvalue weighted by Crippen LogP contribution is 2.39. The Morgan fingerprint density at radius 1 is 1.12 bits per heavy atom. The van der Waals surface area contributed by atoms with Gasteiger partial charge in [-0.1, -0.05) is 22.8 Å². The fourth-order valence-corrected chi connectivity index (χ4v) is 4.58. The van der Waals surface area contributed by atoms with Crippen molar-refractivity contribution in [1.82, 2.24) is 19.7 Å². The molecule has 0 N–H and O–H groups in total. The monoisotopic (exact) mass is 480 g/mol. The topological polar surface area (TPSA) is 75.2 Å². The summed E-state index contributed by atoms with van der Waals surface area (Å²) in [6, 6.07) is 8.31. The molecule has 0 atom stereocenters. The molecule has 5 aromatic rings. The molecular weight excluding hydrogens is 459 g/mol. The van der Waals surface area contributed by atoms with Crippen LogP contribution in [0.3, 0.4) is 0 Å². The van der Waals surface area contributed by atoms with Gasteiger partial charge in [-0.2, -0.15) is 0 Å². The number of hydrogen-bond donors (Lipinski definition) is 0. The number of halogens is 2. The fraction of sp³-hybridized carbons (Fsp3) is 0.240. The van der Waals surface area contributed by atoms with Crippen molar-refractivity contribution in [2.24, 2.45) is 0 Å². The van der Waals surface area contributed by atoms with Gasteiger partial charge in [0.25, 0.3) is 0 Å². The number of ether oxygens (including phenoxy) is 2. The maximum Gasteiger partial charge on any atom is 0.141 e. The summed E-state index contributed by atoms with van der Waals surface area (Å²) in [6.45, 7) is 4.45. The van der Waals surface area contributed by atoms with Crippen LogP contribution in [0.25, 0.3) is 33.1 Å². The minimum absolute atomic E-state index is 0.295. The third kappa shape index (κ3) is 3.69. The van der Waals surface area contributed by atoms with Gasteiger partial charge < -0.3 is 18.6 Å². The van der Waals surface area contributed by atoms with Crippen LogP contribution >= 0.6 is 11.6 Å². The first kappa shape index (κ1) is 22.3. The molecular formula is C25H22ClFN4O3. The molecule has 0 amide bonds. The molecule has 0 aliphatic heterocycles. The van der Waals surface area contributed by atoms with Crippen molar-refractivity contribution in [3.8, 4) is 16.9 Å². The van der Waals surface area contributed by atoms with Crippen molar-refractivity contribution in [3.05, 3.63) is 70.2 Å². The van der Waals surface area contributed by atoms with E-state index in [1.807, 2.05) is 30.5 Å². The standard InChI is InChI=1S/C25H22ClFN4O3/c1-13-24(14(2)34-30-13)18-8-20-17(9-22(18)33-4)25-21(10-28-20)29-23(12-32-3)31(25)11-15-5-6-16(27)7-19(15)26/h5-10H,11-12H2,1-4H3. The maximum absolute atomic E-state index is 13.6. The van der Waals surface area contributed by atoms with Gasteiger partial charge in [0.1, 0.15) is 35.3 Å². The molecule has 2 aromatic carbocycles. The van der Waals surface area contributed by atoms with Gasteiger partial charge in [-0.25, -0.2) is 9.37 Å². The van der Waals surface area contributed by atoms with Gasteiger partial charge in [0.2, 0.25) is 0 Å². The average molecular weight is 481 g/mol. The first-order valence-electron chi connectivity index (χ1n) is 10.6. The number of aromatic nitrogens is 4. The number of imidazole rings is 1. The van der Waals surface area contributed by atoms with Crippen molar-refractivity contribution >= 4 is 33.5 Å². The Hall–Kier alpha value is -3.49. The molecule has 34 heavy (non-hydrogen) atoms. The zero-order valence-corrected chi connectivity index (χ0v) is 19.9. The number of pyridine rings is 1. The molecule has 0 bridgehead atoms. The Morgan fingerprint density at radius 3 is 2.62 bits per heavy atom. The molecule has 3 heterocycles. The maximum atomic E-state index is 13.6. The Labute approximate surface area is 200 Å². The summed E-state index contributed by atoms with van der Waals surface area (Å²) in [5.41, 5.74) is 5.61. The van der Waals surface area contributed by atoms with E-state index in [4.69, 9.17) is 30.6 Å². The van der Waals surface area contributed by atoms with E-state index in [2.05, 4.69) is 10.1 Å². The minimum atomic E-state index is -0.382. The van der Waals surface area contributed by atoms with E-state index < -0.39 is 0 Å². The third-order valence-electron chi connectivity index (χ3n) is 5.89. The summed E-state index contributed by atoms with van der Waals surface area (Å²) >= 11 is 6.35. The Balaban J connectivity index is 1.77. The smallest absolute Gasteiger partial charge is 0.141 e. The molecule has 174 valence electrons. The predicted octanol–water partition coefficient (Wildman–Crippen LogP) is 5.85. The van der Waals surface area contributed by atoms with Crippen molar-refractivity contribution in [2.45, 2.75) is 27.0 Å². The molecule has 3 aromatic heterocycles. The predicted molar refractivity (Wildman–Crippen MR) is 128 cm³/mol. The van der Waals surface area contributed by atoms with Crippen molar-refractivity contribution in [1.29, 1.82) is 0 Å². The Bertz CT molecular complexity index is 1520. The van der Waals surface area contributed by atoms with Gasteiger partial charge in [0.05, 0.1) is 42.1 Å². The summed E-state index contributed by atoms with van der Waals surface area (Å²) in [5, 5.41) is 5.29. The number of methoxy groups -OCH3 is 2. The van der Waals surface area contributed by atoms with Gasteiger partial charge in [0.15, 0.2) is 0 Å². The lowest BCUT2D eigenvalue weighted by Gasteiger charge is -2.14. The second-order valence-corrected chi connectivity index (χ2v) is 8.45. The number of rotatable bonds is 6. The Kier molecular flexibility index (Phi) is 5.71. The van der Waals surface area contributed by atoms with Crippen LogP contribution in [0.4, 0.5) is 4.39 Å². The van der Waals surface area contributed by atoms with E-state index in [0.717, 1.165) is 38.8 Å². The number of nitrogens with zero attached hydrogens (tertiary/aromatic N) is 4. The number of fused-ring (bicyclic) bond motifs is 3. The fourth-order valence-electron chi connectivity index (χ4n) is 4.35. The summed E-state index contributed by atoms with van der Waals surface area (Å²) in [6.07, 6.45) is 1.74. The normalized spacial score (nSPS) is 11.6. The highest BCUT2D eigenvalue weighted by Gasteiger charge is 2.21. The van der Waals surface area contributed by atoms with Gasteiger partial charge in [0, 0.05) is 23.1 Å². The summed E-state index contributed by atoms with van der Waals surface area (Å²) in [4.78, 5) is 9.41. The van der Waals surface area contributed by atoms with Crippen molar-refractivity contribution in [3.63, 3.8) is 0 Å². The van der Waals surface area contributed by atoms with E-state index in [1.165, 1.54) is 12.1 Å². The van der Waals surface area contributed by atoms with Crippen LogP contribution in [0, 0.1) is 19.7 Å². The molecule has 9 heteroatoms. The van der Waals surface area contributed by atoms with Crippen LogP contribution in [0.15, 0.2) is 41.1 Å². The van der Waals surface area contributed by atoms with Crippen LogP contribution in [-0.2, 0) is 17.9 Å². The zero-order chi connectivity index (χ0) is 24.0. The van der Waals surface area contributed by atoms with E-state index >= 15 is 0 Å². The molecule has 0 spiro atoms. The van der Waals surface area contributed by atoms with E-state index in [-0.39, 0.29) is 5.82 Å². The molecule has 0 saturated heterocycles. The molecule has 0 saturated carbocycles. The number of aryl methyl sites for hydroxylation is 2. The van der Waals surface area contributed by atoms with Gasteiger partial charge in [-0.15, -0.1) is 0 Å². The third-order valence-corrected chi connectivity index (χ3v) is 6.24. The van der Waals surface area contributed by atoms with E-state index in [1.54, 1.807) is 26.5 Å². The van der Waals surface area contributed by atoms with Gasteiger partial charge >= 0.3 is 0 Å². The largest absolute Gasteiger partial charge is 0.496 e. The van der Waals surface area contributed by atoms with E-state index in [9.17, 15) is 4.39 Å². The highest BCUT2D eigenvalue weighted by molar-refractivity contribution is 6.31. The first-order valence-corrected chi connectivity index (χ1v) is 11.0. The SMILES string of the molecule is COCc1nc2cnc3cc(-c4c(C)noc4C)c(OC)cc3c2n1Cc1ccc(F)cc1Cl. The summed E-state index contributed by atoms with van der Waals surface area (Å²) in [5.74, 6) is 1.69. The van der Waals surface area contributed by atoms with Crippen LogP contribution in [0.2, 0.25) is 5.02 Å². The summed E-state index contributed by atoms with van der Waals surface area (Å²) in [7, 11) is 3.24. The minimum Gasteiger partial charge on any atom is -0.496 e. The van der Waals surface area contributed by atoms with Crippen molar-refractivity contribution in [2.75, 3.05) is 14.2 Å². The second kappa shape index (κ2) is 8.70. The average Bonchev–Trinajstić information content (AvgIpc) is 3.33. The lowest BCUT2D eigenvalue weighted by Crippen LogP contribution is -2.07. The number of benzene rings is 2. The molecule has 5 rings (SSSR count). The lowest BCUT2D eigenvalue weighted by atomic mass is 10.0. The molecule has 0 radical (unpaired) electrons. The van der Waals surface area contributed by atoms with Crippen molar-refractivity contribution < 1.29 is 18.4 Å². The molecule has 0 aliphatic carbocycles. The molecule has 0 fully saturated rings. The second-order valence-electron chi connectivity index (χ2n) is 8.04. The molecule has 7 nitrogen and oxygen atoms in total. The van der Waals surface area contributed by atoms with Crippen LogP contribution < -0.4 is 4.74 Å². The number of hydrogen-bond acceptors (Lipinski definition) is 6. The molecule has 0 unspecified atom stereocenters. The molecule has 0 aliphatic rings.